The van der Waals surface area contributed by atoms with Gasteiger partial charge in [-0.1, -0.05) is 12.7 Å². The van der Waals surface area contributed by atoms with Gasteiger partial charge in [-0.05, 0) is 38.8 Å². The lowest BCUT2D eigenvalue weighted by atomic mass is 9.86. The number of nitrogens with zero attached hydrogens (tertiary/aromatic N) is 1. The molecule has 2 nitrogen and oxygen atoms in total. The minimum atomic E-state index is -0.933. The van der Waals surface area contributed by atoms with Crippen LogP contribution in [0.3, 0.4) is 0 Å². The van der Waals surface area contributed by atoms with Crippen LogP contribution >= 0.6 is 0 Å². The summed E-state index contributed by atoms with van der Waals surface area (Å²) >= 11 is 0. The van der Waals surface area contributed by atoms with E-state index in [9.17, 15) is 9.18 Å². The van der Waals surface area contributed by atoms with Crippen LogP contribution in [0, 0.1) is 16.7 Å². The van der Waals surface area contributed by atoms with Gasteiger partial charge in [0.15, 0.2) is 0 Å². The van der Waals surface area contributed by atoms with Crippen molar-refractivity contribution in [2.75, 3.05) is 0 Å². The summed E-state index contributed by atoms with van der Waals surface area (Å²) in [5.74, 6) is -0.534. The van der Waals surface area contributed by atoms with Crippen LogP contribution < -0.4 is 0 Å². The van der Waals surface area contributed by atoms with E-state index in [4.69, 9.17) is 5.26 Å². The molecule has 0 radical (unpaired) electrons. The topological polar surface area (TPSA) is 40.9 Å². The molecule has 0 heterocycles. The van der Waals surface area contributed by atoms with Gasteiger partial charge in [0.05, 0.1) is 11.5 Å². The molecule has 0 saturated carbocycles. The molecule has 0 aliphatic heterocycles. The molecule has 0 spiro atoms. The Morgan fingerprint density at radius 2 is 2.12 bits per heavy atom. The smallest absolute Gasteiger partial charge is 0.146 e. The van der Waals surface area contributed by atoms with Gasteiger partial charge in [0, 0.05) is 5.57 Å². The summed E-state index contributed by atoms with van der Waals surface area (Å²) in [6, 6.07) is 1.97. The van der Waals surface area contributed by atoms with Crippen molar-refractivity contribution in [3.63, 3.8) is 0 Å². The predicted molar refractivity (Wildman–Crippen MR) is 62.2 cm³/mol. The summed E-state index contributed by atoms with van der Waals surface area (Å²) in [6.07, 6.45) is 3.79. The van der Waals surface area contributed by atoms with Gasteiger partial charge in [0.25, 0.3) is 0 Å². The lowest BCUT2D eigenvalue weighted by Crippen LogP contribution is -2.11. The fourth-order valence-electron chi connectivity index (χ4n) is 0.931. The van der Waals surface area contributed by atoms with Gasteiger partial charge in [-0.3, -0.25) is 4.79 Å². The van der Waals surface area contributed by atoms with Gasteiger partial charge in [0.2, 0.25) is 0 Å². The van der Waals surface area contributed by atoms with E-state index in [2.05, 4.69) is 6.58 Å². The number of carbonyl (C=O) groups is 1. The lowest BCUT2D eigenvalue weighted by molar-refractivity contribution is -0.105. The van der Waals surface area contributed by atoms with Crippen molar-refractivity contribution < 1.29 is 9.18 Å². The fourth-order valence-corrected chi connectivity index (χ4v) is 0.931. The molecule has 0 aromatic rings. The Bertz CT molecular complexity index is 383. The molecule has 0 amide bonds. The van der Waals surface area contributed by atoms with Gasteiger partial charge in [-0.15, -0.1) is 0 Å². The third kappa shape index (κ3) is 3.82. The zero-order valence-electron chi connectivity index (χ0n) is 9.88. The highest BCUT2D eigenvalue weighted by molar-refractivity contribution is 5.73. The number of nitriles is 1. The van der Waals surface area contributed by atoms with Crippen molar-refractivity contribution in [1.82, 2.24) is 0 Å². The van der Waals surface area contributed by atoms with E-state index < -0.39 is 11.2 Å². The summed E-state index contributed by atoms with van der Waals surface area (Å²) in [6.45, 7) is 8.46. The second-order valence-electron chi connectivity index (χ2n) is 3.95. The minimum Gasteiger partial charge on any atom is -0.298 e. The number of halogens is 1. The van der Waals surface area contributed by atoms with Crippen molar-refractivity contribution in [3.05, 3.63) is 35.7 Å². The Labute approximate surface area is 95.8 Å². The average molecular weight is 221 g/mol. The first-order chi connectivity index (χ1) is 7.38. The van der Waals surface area contributed by atoms with Gasteiger partial charge in [0.1, 0.15) is 12.1 Å². The van der Waals surface area contributed by atoms with Crippen LogP contribution in [0.25, 0.3) is 0 Å². The summed E-state index contributed by atoms with van der Waals surface area (Å²) in [4.78, 5) is 10.5. The van der Waals surface area contributed by atoms with E-state index in [-0.39, 0.29) is 12.0 Å². The Morgan fingerprint density at radius 1 is 1.56 bits per heavy atom. The number of allylic oxidation sites excluding steroid dienone is 5. The van der Waals surface area contributed by atoms with E-state index in [0.717, 1.165) is 0 Å². The summed E-state index contributed by atoms with van der Waals surface area (Å²) in [5, 5.41) is 8.81. The molecule has 0 fully saturated rings. The van der Waals surface area contributed by atoms with E-state index >= 15 is 0 Å². The molecule has 3 heteroatoms. The molecule has 0 saturated heterocycles. The van der Waals surface area contributed by atoms with E-state index in [1.54, 1.807) is 26.8 Å². The summed E-state index contributed by atoms with van der Waals surface area (Å²) in [5.41, 5.74) is -0.299. The molecule has 0 unspecified atom stereocenters. The standard InChI is InChI=1S/C13H16FNO/c1-5-11(8-16)6-7-12(14)10(2)13(3,4)9-15/h5,7-8H,2,6H2,1,3-4H3/b11-5+,12-7?. The van der Waals surface area contributed by atoms with Crippen LogP contribution in [0.1, 0.15) is 27.2 Å². The van der Waals surface area contributed by atoms with Crippen molar-refractivity contribution in [2.45, 2.75) is 27.2 Å². The average Bonchev–Trinajstić information content (AvgIpc) is 2.29. The molecule has 16 heavy (non-hydrogen) atoms. The maximum atomic E-state index is 13.6. The monoisotopic (exact) mass is 221 g/mol. The van der Waals surface area contributed by atoms with E-state index in [0.29, 0.717) is 11.9 Å². The molecule has 0 N–H and O–H groups in total. The van der Waals surface area contributed by atoms with E-state index in [1.807, 2.05) is 6.07 Å². The molecule has 0 atom stereocenters. The van der Waals surface area contributed by atoms with Crippen LogP contribution in [-0.2, 0) is 4.79 Å². The number of rotatable bonds is 5. The zero-order valence-corrected chi connectivity index (χ0v) is 9.88. The Kier molecular flexibility index (Phi) is 5.38. The van der Waals surface area contributed by atoms with Crippen molar-refractivity contribution in [3.8, 4) is 6.07 Å². The second-order valence-corrected chi connectivity index (χ2v) is 3.95. The van der Waals surface area contributed by atoms with Crippen LogP contribution in [0.2, 0.25) is 0 Å². The van der Waals surface area contributed by atoms with Gasteiger partial charge >= 0.3 is 0 Å². The van der Waals surface area contributed by atoms with Crippen molar-refractivity contribution in [1.29, 1.82) is 5.26 Å². The first-order valence-corrected chi connectivity index (χ1v) is 4.96. The highest BCUT2D eigenvalue weighted by atomic mass is 19.1. The first kappa shape index (κ1) is 14.3. The van der Waals surface area contributed by atoms with Gasteiger partial charge in [-0.2, -0.15) is 5.26 Å². The molecule has 86 valence electrons. The minimum absolute atomic E-state index is 0.136. The number of hydrogen-bond acceptors (Lipinski definition) is 2. The van der Waals surface area contributed by atoms with Crippen molar-refractivity contribution in [2.24, 2.45) is 5.41 Å². The van der Waals surface area contributed by atoms with Crippen LogP contribution in [0.5, 0.6) is 0 Å². The van der Waals surface area contributed by atoms with Crippen LogP contribution in [0.4, 0.5) is 4.39 Å². The Morgan fingerprint density at radius 3 is 2.50 bits per heavy atom. The summed E-state index contributed by atoms with van der Waals surface area (Å²) < 4.78 is 13.6. The molecular weight excluding hydrogens is 205 g/mol. The van der Waals surface area contributed by atoms with Crippen LogP contribution in [0.15, 0.2) is 35.7 Å². The number of aldehydes is 1. The molecule has 0 aliphatic rings. The number of hydrogen-bond donors (Lipinski definition) is 0. The largest absolute Gasteiger partial charge is 0.298 e. The molecular formula is C13H16FNO. The third-order valence-electron chi connectivity index (χ3n) is 2.36. The SMILES string of the molecule is C=C(C(F)=CC/C(C=O)=C\C)C(C)(C)C#N. The van der Waals surface area contributed by atoms with Gasteiger partial charge < -0.3 is 0 Å². The highest BCUT2D eigenvalue weighted by Gasteiger charge is 2.23. The van der Waals surface area contributed by atoms with Crippen molar-refractivity contribution >= 4 is 6.29 Å². The van der Waals surface area contributed by atoms with E-state index in [1.165, 1.54) is 6.08 Å². The molecule has 0 bridgehead atoms. The second kappa shape index (κ2) is 6.02. The molecule has 0 rings (SSSR count). The predicted octanol–water partition coefficient (Wildman–Crippen LogP) is 3.48. The molecule has 0 aromatic carbocycles. The Balaban J connectivity index is 4.77. The summed E-state index contributed by atoms with van der Waals surface area (Å²) in [7, 11) is 0. The maximum Gasteiger partial charge on any atom is 0.146 e. The third-order valence-corrected chi connectivity index (χ3v) is 2.36. The lowest BCUT2D eigenvalue weighted by Gasteiger charge is -2.16. The fraction of sp³-hybridized carbons (Fsp3) is 0.385. The quantitative estimate of drug-likeness (QED) is 0.405. The normalized spacial score (nSPS) is 13.2. The molecule has 0 aliphatic carbocycles. The Hall–Kier alpha value is -1.69. The number of carbonyl (C=O) groups excluding carboxylic acids is 1. The van der Waals surface area contributed by atoms with Gasteiger partial charge in [-0.25, -0.2) is 4.39 Å². The molecule has 0 aromatic heterocycles. The first-order valence-electron chi connectivity index (χ1n) is 4.96. The highest BCUT2D eigenvalue weighted by Crippen LogP contribution is 2.30. The maximum absolute atomic E-state index is 13.6. The zero-order chi connectivity index (χ0) is 12.8. The van der Waals surface area contributed by atoms with Crippen LogP contribution in [-0.4, -0.2) is 6.29 Å².